The summed E-state index contributed by atoms with van der Waals surface area (Å²) in [4.78, 5) is 28.3. The summed E-state index contributed by atoms with van der Waals surface area (Å²) in [5, 5.41) is 0. The molecule has 1 atom stereocenters. The lowest BCUT2D eigenvalue weighted by Crippen LogP contribution is -2.58. The second-order valence-corrected chi connectivity index (χ2v) is 6.42. The highest BCUT2D eigenvalue weighted by Crippen LogP contribution is 2.19. The number of piperazine rings is 1. The van der Waals surface area contributed by atoms with E-state index in [0.29, 0.717) is 26.1 Å². The van der Waals surface area contributed by atoms with Gasteiger partial charge in [0, 0.05) is 19.6 Å². The first-order valence-corrected chi connectivity index (χ1v) is 8.30. The first kappa shape index (κ1) is 18.0. The molecule has 0 N–H and O–H groups in total. The van der Waals surface area contributed by atoms with Crippen LogP contribution in [0, 0.1) is 5.92 Å². The highest BCUT2D eigenvalue weighted by molar-refractivity contribution is 5.87. The van der Waals surface area contributed by atoms with Gasteiger partial charge in [-0.25, -0.2) is 0 Å². The lowest BCUT2D eigenvalue weighted by Gasteiger charge is -2.43. The van der Waals surface area contributed by atoms with E-state index in [9.17, 15) is 9.59 Å². The fourth-order valence-electron chi connectivity index (χ4n) is 3.07. The molecule has 1 aromatic rings. The van der Waals surface area contributed by atoms with Crippen LogP contribution in [0.5, 0.6) is 5.75 Å². The third kappa shape index (κ3) is 4.16. The number of ether oxygens (including phenoxy) is 1. The van der Waals surface area contributed by atoms with Crippen LogP contribution in [0.4, 0.5) is 0 Å². The number of rotatable bonds is 5. The maximum absolute atomic E-state index is 12.6. The number of hydrogen-bond donors (Lipinski definition) is 0. The van der Waals surface area contributed by atoms with Crippen molar-refractivity contribution in [3.8, 4) is 5.75 Å². The molecule has 2 rings (SSSR count). The minimum Gasteiger partial charge on any atom is -0.497 e. The summed E-state index contributed by atoms with van der Waals surface area (Å²) < 4.78 is 5.20. The lowest BCUT2D eigenvalue weighted by atomic mass is 9.98. The molecule has 0 spiro atoms. The van der Waals surface area contributed by atoms with Crippen molar-refractivity contribution in [2.24, 2.45) is 5.92 Å². The summed E-state index contributed by atoms with van der Waals surface area (Å²) in [5.74, 6) is 1.05. The fourth-order valence-corrected chi connectivity index (χ4v) is 3.07. The van der Waals surface area contributed by atoms with Gasteiger partial charge in [-0.1, -0.05) is 32.6 Å². The smallest absolute Gasteiger partial charge is 0.246 e. The first-order chi connectivity index (χ1) is 11.5. The van der Waals surface area contributed by atoms with Crippen LogP contribution in [-0.2, 0) is 16.0 Å². The van der Waals surface area contributed by atoms with Gasteiger partial charge in [-0.05, 0) is 29.7 Å². The summed E-state index contributed by atoms with van der Waals surface area (Å²) in [6, 6.07) is 7.59. The number of carbonyl (C=O) groups is 2. The fraction of sp³-hybridized carbons (Fsp3) is 0.474. The largest absolute Gasteiger partial charge is 0.497 e. The van der Waals surface area contributed by atoms with Gasteiger partial charge in [-0.15, -0.1) is 0 Å². The molecule has 130 valence electrons. The SMILES string of the molecule is C=CC(=O)N1CCN(C(=O)Cc2cccc(OC)c2)C[C@@H]1C(C)C. The van der Waals surface area contributed by atoms with Gasteiger partial charge in [0.15, 0.2) is 0 Å². The van der Waals surface area contributed by atoms with Crippen molar-refractivity contribution in [3.63, 3.8) is 0 Å². The van der Waals surface area contributed by atoms with E-state index in [1.807, 2.05) is 34.1 Å². The molecule has 1 aliphatic heterocycles. The molecule has 24 heavy (non-hydrogen) atoms. The average molecular weight is 330 g/mol. The number of amides is 2. The molecule has 5 heteroatoms. The van der Waals surface area contributed by atoms with Gasteiger partial charge in [0.1, 0.15) is 5.75 Å². The van der Waals surface area contributed by atoms with Gasteiger partial charge >= 0.3 is 0 Å². The molecular weight excluding hydrogens is 304 g/mol. The van der Waals surface area contributed by atoms with E-state index >= 15 is 0 Å². The molecule has 0 aliphatic carbocycles. The number of benzene rings is 1. The van der Waals surface area contributed by atoms with Crippen LogP contribution in [0.1, 0.15) is 19.4 Å². The van der Waals surface area contributed by atoms with Crippen LogP contribution < -0.4 is 4.74 Å². The number of carbonyl (C=O) groups excluding carboxylic acids is 2. The van der Waals surface area contributed by atoms with Crippen LogP contribution in [0.3, 0.4) is 0 Å². The number of hydrogen-bond acceptors (Lipinski definition) is 3. The standard InChI is InChI=1S/C19H26N2O3/c1-5-18(22)21-10-9-20(13-17(21)14(2)3)19(23)12-15-7-6-8-16(11-15)24-4/h5-8,11,14,17H,1,9-10,12-13H2,2-4H3/t17-/m1/s1. The van der Waals surface area contributed by atoms with E-state index in [2.05, 4.69) is 20.4 Å². The zero-order chi connectivity index (χ0) is 17.7. The van der Waals surface area contributed by atoms with Crippen LogP contribution in [-0.4, -0.2) is 54.4 Å². The van der Waals surface area contributed by atoms with Crippen LogP contribution in [0.25, 0.3) is 0 Å². The maximum Gasteiger partial charge on any atom is 0.246 e. The summed E-state index contributed by atoms with van der Waals surface area (Å²) in [6.45, 7) is 9.40. The van der Waals surface area contributed by atoms with Crippen molar-refractivity contribution >= 4 is 11.8 Å². The van der Waals surface area contributed by atoms with Crippen molar-refractivity contribution in [1.82, 2.24) is 9.80 Å². The minimum absolute atomic E-state index is 0.0264. The Morgan fingerprint density at radius 2 is 2.12 bits per heavy atom. The second-order valence-electron chi connectivity index (χ2n) is 6.42. The van der Waals surface area contributed by atoms with Gasteiger partial charge in [0.05, 0.1) is 19.6 Å². The highest BCUT2D eigenvalue weighted by Gasteiger charge is 2.33. The molecule has 2 amide bonds. The maximum atomic E-state index is 12.6. The molecule has 5 nitrogen and oxygen atoms in total. The molecule has 1 aliphatic rings. The van der Waals surface area contributed by atoms with E-state index in [4.69, 9.17) is 4.74 Å². The molecule has 1 saturated heterocycles. The number of methoxy groups -OCH3 is 1. The van der Waals surface area contributed by atoms with Gasteiger partial charge in [0.2, 0.25) is 11.8 Å². The first-order valence-electron chi connectivity index (χ1n) is 8.30. The Kier molecular flexibility index (Phi) is 6.01. The van der Waals surface area contributed by atoms with Crippen LogP contribution in [0.15, 0.2) is 36.9 Å². The monoisotopic (exact) mass is 330 g/mol. The minimum atomic E-state index is -0.0615. The summed E-state index contributed by atoms with van der Waals surface area (Å²) >= 11 is 0. The van der Waals surface area contributed by atoms with E-state index in [1.54, 1.807) is 7.11 Å². The van der Waals surface area contributed by atoms with Gasteiger partial charge in [-0.2, -0.15) is 0 Å². The normalized spacial score (nSPS) is 17.8. The van der Waals surface area contributed by atoms with Crippen molar-refractivity contribution in [3.05, 3.63) is 42.5 Å². The molecule has 1 fully saturated rings. The molecular formula is C19H26N2O3. The summed E-state index contributed by atoms with van der Waals surface area (Å²) in [5.41, 5.74) is 0.935. The van der Waals surface area contributed by atoms with Crippen molar-refractivity contribution in [1.29, 1.82) is 0 Å². The van der Waals surface area contributed by atoms with Crippen molar-refractivity contribution in [2.75, 3.05) is 26.7 Å². The van der Waals surface area contributed by atoms with Crippen LogP contribution >= 0.6 is 0 Å². The van der Waals surface area contributed by atoms with Gasteiger partial charge < -0.3 is 14.5 Å². The molecule has 0 radical (unpaired) electrons. The summed E-state index contributed by atoms with van der Waals surface area (Å²) in [7, 11) is 1.62. The van der Waals surface area contributed by atoms with Crippen molar-refractivity contribution < 1.29 is 14.3 Å². The Bertz CT molecular complexity index is 612. The third-order valence-corrected chi connectivity index (χ3v) is 4.49. The Morgan fingerprint density at radius 3 is 2.75 bits per heavy atom. The zero-order valence-corrected chi connectivity index (χ0v) is 14.7. The predicted octanol–water partition coefficient (Wildman–Crippen LogP) is 2.12. The lowest BCUT2D eigenvalue weighted by molar-refractivity contribution is -0.141. The van der Waals surface area contributed by atoms with Crippen molar-refractivity contribution in [2.45, 2.75) is 26.3 Å². The second kappa shape index (κ2) is 7.99. The highest BCUT2D eigenvalue weighted by atomic mass is 16.5. The van der Waals surface area contributed by atoms with E-state index < -0.39 is 0 Å². The number of nitrogens with zero attached hydrogens (tertiary/aromatic N) is 2. The predicted molar refractivity (Wildman–Crippen MR) is 93.8 cm³/mol. The quantitative estimate of drug-likeness (QED) is 0.777. The Hall–Kier alpha value is -2.30. The molecule has 0 unspecified atom stereocenters. The van der Waals surface area contributed by atoms with Gasteiger partial charge in [0.25, 0.3) is 0 Å². The molecule has 0 bridgehead atoms. The molecule has 1 aromatic carbocycles. The third-order valence-electron chi connectivity index (χ3n) is 4.49. The van der Waals surface area contributed by atoms with Crippen LogP contribution in [0.2, 0.25) is 0 Å². The van der Waals surface area contributed by atoms with Gasteiger partial charge in [-0.3, -0.25) is 9.59 Å². The molecule has 0 saturated carbocycles. The molecule has 1 heterocycles. The Balaban J connectivity index is 2.05. The average Bonchev–Trinajstić information content (AvgIpc) is 2.60. The zero-order valence-electron chi connectivity index (χ0n) is 14.7. The Morgan fingerprint density at radius 1 is 1.38 bits per heavy atom. The Labute approximate surface area is 143 Å². The van der Waals surface area contributed by atoms with E-state index in [0.717, 1.165) is 11.3 Å². The topological polar surface area (TPSA) is 49.9 Å². The van der Waals surface area contributed by atoms with E-state index in [-0.39, 0.29) is 23.8 Å². The van der Waals surface area contributed by atoms with E-state index in [1.165, 1.54) is 6.08 Å². The molecule has 0 aromatic heterocycles. The summed E-state index contributed by atoms with van der Waals surface area (Å²) in [6.07, 6.45) is 1.69.